The zero-order valence-electron chi connectivity index (χ0n) is 10.1. The van der Waals surface area contributed by atoms with E-state index in [1.54, 1.807) is 6.92 Å². The van der Waals surface area contributed by atoms with E-state index in [-0.39, 0.29) is 11.6 Å². The molecule has 2 aliphatic rings. The highest BCUT2D eigenvalue weighted by Crippen LogP contribution is 2.45. The topological polar surface area (TPSA) is 12.5 Å². The Morgan fingerprint density at radius 1 is 1.47 bits per heavy atom. The van der Waals surface area contributed by atoms with E-state index in [0.29, 0.717) is 19.6 Å². The highest BCUT2D eigenvalue weighted by Gasteiger charge is 2.53. The molecule has 0 aromatic rings. The predicted octanol–water partition coefficient (Wildman–Crippen LogP) is 2.38. The van der Waals surface area contributed by atoms with Gasteiger partial charge in [0.15, 0.2) is 0 Å². The molecule has 15 heavy (non-hydrogen) atoms. The molecule has 0 amide bonds. The maximum atomic E-state index is 14.0. The Hall–Kier alpha value is -0.150. The number of hydrogen-bond donors (Lipinski definition) is 0. The summed E-state index contributed by atoms with van der Waals surface area (Å²) in [5.74, 6) is 0. The van der Waals surface area contributed by atoms with Gasteiger partial charge in [-0.25, -0.2) is 4.39 Å². The lowest BCUT2D eigenvalue weighted by atomic mass is 9.90. The fourth-order valence-electron chi connectivity index (χ4n) is 3.12. The molecule has 0 bridgehead atoms. The molecule has 0 aromatic heterocycles. The molecule has 2 nitrogen and oxygen atoms in total. The Bertz CT molecular complexity index is 242. The first-order valence-electron chi connectivity index (χ1n) is 5.99. The summed E-state index contributed by atoms with van der Waals surface area (Å²) in [5, 5.41) is 0. The molecule has 88 valence electrons. The van der Waals surface area contributed by atoms with Gasteiger partial charge in [0, 0.05) is 18.5 Å². The molecule has 2 unspecified atom stereocenters. The van der Waals surface area contributed by atoms with Crippen molar-refractivity contribution in [2.24, 2.45) is 0 Å². The van der Waals surface area contributed by atoms with Crippen molar-refractivity contribution in [3.05, 3.63) is 0 Å². The van der Waals surface area contributed by atoms with Crippen LogP contribution in [0.15, 0.2) is 0 Å². The normalized spacial score (nSPS) is 41.4. The average molecular weight is 215 g/mol. The van der Waals surface area contributed by atoms with Crippen molar-refractivity contribution < 1.29 is 9.13 Å². The van der Waals surface area contributed by atoms with Crippen LogP contribution in [-0.2, 0) is 4.74 Å². The number of rotatable bonds is 3. The lowest BCUT2D eigenvalue weighted by Crippen LogP contribution is -2.43. The summed E-state index contributed by atoms with van der Waals surface area (Å²) in [4.78, 5) is 2.30. The average Bonchev–Trinajstić information content (AvgIpc) is 2.53. The molecule has 0 aromatic carbocycles. The van der Waals surface area contributed by atoms with Gasteiger partial charge in [-0.15, -0.1) is 0 Å². The molecule has 0 saturated carbocycles. The van der Waals surface area contributed by atoms with E-state index in [4.69, 9.17) is 4.74 Å². The van der Waals surface area contributed by atoms with E-state index in [2.05, 4.69) is 4.90 Å². The maximum absolute atomic E-state index is 14.0. The van der Waals surface area contributed by atoms with Crippen molar-refractivity contribution >= 4 is 0 Å². The van der Waals surface area contributed by atoms with Gasteiger partial charge in [-0.05, 0) is 40.2 Å². The first-order valence-corrected chi connectivity index (χ1v) is 5.99. The summed E-state index contributed by atoms with van der Waals surface area (Å²) < 4.78 is 19.7. The van der Waals surface area contributed by atoms with Gasteiger partial charge in [-0.3, -0.25) is 4.90 Å². The van der Waals surface area contributed by atoms with Crippen LogP contribution in [0.3, 0.4) is 0 Å². The number of nitrogens with zero attached hydrogens (tertiary/aromatic N) is 1. The fraction of sp³-hybridized carbons (Fsp3) is 1.00. The third-order valence-electron chi connectivity index (χ3n) is 3.64. The number of alkyl halides is 1. The van der Waals surface area contributed by atoms with Crippen LogP contribution in [0.1, 0.15) is 40.0 Å². The van der Waals surface area contributed by atoms with Crippen molar-refractivity contribution in [3.8, 4) is 0 Å². The molecule has 2 rings (SSSR count). The van der Waals surface area contributed by atoms with Gasteiger partial charge in [0.25, 0.3) is 0 Å². The molecule has 2 saturated heterocycles. The van der Waals surface area contributed by atoms with Gasteiger partial charge >= 0.3 is 0 Å². The maximum Gasteiger partial charge on any atom is 0.122 e. The number of fused-ring (bicyclic) bond motifs is 1. The van der Waals surface area contributed by atoms with Crippen molar-refractivity contribution in [2.75, 3.05) is 19.7 Å². The van der Waals surface area contributed by atoms with Crippen LogP contribution in [0.5, 0.6) is 0 Å². The predicted molar refractivity (Wildman–Crippen MR) is 58.8 cm³/mol. The zero-order valence-corrected chi connectivity index (χ0v) is 10.1. The number of hydrogen-bond acceptors (Lipinski definition) is 2. The molecule has 2 aliphatic heterocycles. The fourth-order valence-corrected chi connectivity index (χ4v) is 3.12. The lowest BCUT2D eigenvalue weighted by Gasteiger charge is -2.32. The van der Waals surface area contributed by atoms with Gasteiger partial charge in [-0.1, -0.05) is 0 Å². The molecule has 0 spiro atoms. The van der Waals surface area contributed by atoms with Crippen LogP contribution in [-0.4, -0.2) is 41.9 Å². The van der Waals surface area contributed by atoms with E-state index in [1.165, 1.54) is 6.42 Å². The van der Waals surface area contributed by atoms with Crippen LogP contribution in [0, 0.1) is 0 Å². The van der Waals surface area contributed by atoms with Crippen LogP contribution in [0.2, 0.25) is 0 Å². The minimum atomic E-state index is -1.01. The second-order valence-corrected chi connectivity index (χ2v) is 5.70. The van der Waals surface area contributed by atoms with Gasteiger partial charge in [0.05, 0.1) is 12.7 Å². The first-order chi connectivity index (χ1) is 6.94. The Morgan fingerprint density at radius 3 is 2.87 bits per heavy atom. The van der Waals surface area contributed by atoms with Gasteiger partial charge < -0.3 is 4.74 Å². The van der Waals surface area contributed by atoms with E-state index >= 15 is 0 Å². The molecular weight excluding hydrogens is 193 g/mol. The summed E-state index contributed by atoms with van der Waals surface area (Å²) in [7, 11) is 0. The van der Waals surface area contributed by atoms with Gasteiger partial charge in [0.1, 0.15) is 5.67 Å². The van der Waals surface area contributed by atoms with Crippen LogP contribution in [0.4, 0.5) is 4.39 Å². The van der Waals surface area contributed by atoms with Crippen LogP contribution in [0.25, 0.3) is 0 Å². The summed E-state index contributed by atoms with van der Waals surface area (Å²) in [5.41, 5.74) is -1.01. The van der Waals surface area contributed by atoms with Crippen molar-refractivity contribution in [1.29, 1.82) is 0 Å². The molecule has 2 fully saturated rings. The van der Waals surface area contributed by atoms with Gasteiger partial charge in [-0.2, -0.15) is 0 Å². The molecule has 0 radical (unpaired) electrons. The largest absolute Gasteiger partial charge is 0.377 e. The first kappa shape index (κ1) is 11.3. The number of ether oxygens (including phenoxy) is 1. The Kier molecular flexibility index (Phi) is 2.80. The van der Waals surface area contributed by atoms with Crippen molar-refractivity contribution in [1.82, 2.24) is 4.90 Å². The lowest BCUT2D eigenvalue weighted by molar-refractivity contribution is 0.00212. The standard InChI is InChI=1S/C12H22FNO/c1-10(2)15-9-12-5-4-6-14(12)8-11(3,13)7-12/h10H,4-9H2,1-3H3. The van der Waals surface area contributed by atoms with E-state index in [0.717, 1.165) is 13.0 Å². The highest BCUT2D eigenvalue weighted by atomic mass is 19.1. The van der Waals surface area contributed by atoms with E-state index < -0.39 is 5.67 Å². The monoisotopic (exact) mass is 215 g/mol. The van der Waals surface area contributed by atoms with Crippen molar-refractivity contribution in [2.45, 2.75) is 57.3 Å². The minimum Gasteiger partial charge on any atom is -0.377 e. The second kappa shape index (κ2) is 3.70. The third-order valence-corrected chi connectivity index (χ3v) is 3.64. The van der Waals surface area contributed by atoms with E-state index in [1.807, 2.05) is 13.8 Å². The molecular formula is C12H22FNO. The minimum absolute atomic E-state index is 0.00771. The second-order valence-electron chi connectivity index (χ2n) is 5.70. The van der Waals surface area contributed by atoms with E-state index in [9.17, 15) is 4.39 Å². The summed E-state index contributed by atoms with van der Waals surface area (Å²) in [6, 6.07) is 0. The smallest absolute Gasteiger partial charge is 0.122 e. The van der Waals surface area contributed by atoms with Crippen molar-refractivity contribution in [3.63, 3.8) is 0 Å². The molecule has 2 atom stereocenters. The highest BCUT2D eigenvalue weighted by molar-refractivity contribution is 5.08. The molecule has 0 N–H and O–H groups in total. The third kappa shape index (κ3) is 2.18. The summed E-state index contributed by atoms with van der Waals surface area (Å²) in [6.45, 7) is 8.14. The SMILES string of the molecule is CC(C)OCC12CCCN1CC(C)(F)C2. The van der Waals surface area contributed by atoms with Crippen LogP contribution >= 0.6 is 0 Å². The summed E-state index contributed by atoms with van der Waals surface area (Å²) in [6.07, 6.45) is 3.18. The number of halogens is 1. The quantitative estimate of drug-likeness (QED) is 0.716. The zero-order chi connectivity index (χ0) is 11.1. The Balaban J connectivity index is 2.04. The van der Waals surface area contributed by atoms with Gasteiger partial charge in [0.2, 0.25) is 0 Å². The Labute approximate surface area is 91.8 Å². The molecule has 0 aliphatic carbocycles. The van der Waals surface area contributed by atoms with Crippen LogP contribution < -0.4 is 0 Å². The Morgan fingerprint density at radius 2 is 2.20 bits per heavy atom. The summed E-state index contributed by atoms with van der Waals surface area (Å²) >= 11 is 0. The molecule has 3 heteroatoms. The molecule has 2 heterocycles.